The molecular weight excluding hydrogens is 438 g/mol. The van der Waals surface area contributed by atoms with Crippen LogP contribution in [0.5, 0.6) is 0 Å². The molecule has 1 aliphatic heterocycles. The number of aromatic nitrogens is 2. The first-order valence-electron chi connectivity index (χ1n) is 12.6. The molecule has 0 spiro atoms. The van der Waals surface area contributed by atoms with Crippen LogP contribution >= 0.6 is 0 Å². The number of carbonyl (C=O) groups is 1. The zero-order chi connectivity index (χ0) is 25.0. The van der Waals surface area contributed by atoms with Gasteiger partial charge in [0.25, 0.3) is 0 Å². The lowest BCUT2D eigenvalue weighted by molar-refractivity contribution is 0.0793. The zero-order valence-electron chi connectivity index (χ0n) is 21.5. The Labute approximate surface area is 209 Å². The third-order valence-corrected chi connectivity index (χ3v) is 7.69. The number of allylic oxidation sites excluding steroid dienone is 6. The lowest BCUT2D eigenvalue weighted by atomic mass is 9.83. The van der Waals surface area contributed by atoms with Crippen LogP contribution < -0.4 is 0 Å². The van der Waals surface area contributed by atoms with Crippen molar-refractivity contribution in [2.75, 3.05) is 32.8 Å². The lowest BCUT2D eigenvalue weighted by Crippen LogP contribution is -2.48. The van der Waals surface area contributed by atoms with E-state index in [0.717, 1.165) is 44.7 Å². The molecule has 2 atom stereocenters. The Bertz CT molecular complexity index is 1110. The van der Waals surface area contributed by atoms with E-state index in [4.69, 9.17) is 4.74 Å². The van der Waals surface area contributed by atoms with Gasteiger partial charge in [0.05, 0.1) is 23.5 Å². The minimum atomic E-state index is -0.401. The van der Waals surface area contributed by atoms with Crippen molar-refractivity contribution in [1.29, 1.82) is 5.26 Å². The van der Waals surface area contributed by atoms with Crippen LogP contribution in [0, 0.1) is 22.7 Å². The topological polar surface area (TPSA) is 74.4 Å². The molecule has 35 heavy (non-hydrogen) atoms. The number of hydrogen-bond donors (Lipinski definition) is 0. The first-order chi connectivity index (χ1) is 16.8. The van der Waals surface area contributed by atoms with Gasteiger partial charge in [0.1, 0.15) is 6.61 Å². The van der Waals surface area contributed by atoms with Gasteiger partial charge in [-0.2, -0.15) is 5.26 Å². The van der Waals surface area contributed by atoms with Crippen LogP contribution in [0.25, 0.3) is 0 Å². The van der Waals surface area contributed by atoms with Gasteiger partial charge in [0, 0.05) is 45.5 Å². The molecule has 0 bridgehead atoms. The molecule has 1 aromatic heterocycles. The summed E-state index contributed by atoms with van der Waals surface area (Å²) in [6.45, 7) is 13.3. The molecule has 0 saturated carbocycles. The molecule has 186 valence electrons. The average molecular weight is 476 g/mol. The summed E-state index contributed by atoms with van der Waals surface area (Å²) < 4.78 is 7.87. The molecular formula is C28H37N5O2. The van der Waals surface area contributed by atoms with E-state index < -0.39 is 5.41 Å². The van der Waals surface area contributed by atoms with Crippen LogP contribution in [0.1, 0.15) is 46.2 Å². The van der Waals surface area contributed by atoms with Crippen LogP contribution in [-0.4, -0.2) is 58.2 Å². The molecule has 2 heterocycles. The highest BCUT2D eigenvalue weighted by Gasteiger charge is 2.25. The van der Waals surface area contributed by atoms with E-state index in [1.807, 2.05) is 30.4 Å². The van der Waals surface area contributed by atoms with Gasteiger partial charge in [0.15, 0.2) is 0 Å². The van der Waals surface area contributed by atoms with E-state index in [9.17, 15) is 10.1 Å². The molecule has 3 aliphatic rings. The fourth-order valence-corrected chi connectivity index (χ4v) is 4.82. The molecule has 0 radical (unpaired) electrons. The number of piperazine rings is 1. The van der Waals surface area contributed by atoms with E-state index in [2.05, 4.69) is 59.5 Å². The molecule has 4 rings (SSSR count). The highest BCUT2D eigenvalue weighted by Crippen LogP contribution is 2.30. The van der Waals surface area contributed by atoms with E-state index >= 15 is 0 Å². The Morgan fingerprint density at radius 1 is 1.23 bits per heavy atom. The highest BCUT2D eigenvalue weighted by molar-refractivity contribution is 5.68. The highest BCUT2D eigenvalue weighted by atomic mass is 16.6. The van der Waals surface area contributed by atoms with Crippen molar-refractivity contribution in [2.45, 2.75) is 53.6 Å². The van der Waals surface area contributed by atoms with E-state index in [1.54, 1.807) is 0 Å². The summed E-state index contributed by atoms with van der Waals surface area (Å²) in [5, 5.41) is 9.30. The Morgan fingerprint density at radius 2 is 2.00 bits per heavy atom. The molecule has 1 fully saturated rings. The van der Waals surface area contributed by atoms with Crippen molar-refractivity contribution < 1.29 is 9.53 Å². The molecule has 1 amide bonds. The van der Waals surface area contributed by atoms with Crippen LogP contribution in [0.3, 0.4) is 0 Å². The largest absolute Gasteiger partial charge is 0.445 e. The van der Waals surface area contributed by atoms with Crippen molar-refractivity contribution in [3.05, 3.63) is 64.8 Å². The third kappa shape index (κ3) is 5.94. The predicted molar refractivity (Wildman–Crippen MR) is 136 cm³/mol. The van der Waals surface area contributed by atoms with E-state index in [1.165, 1.54) is 22.3 Å². The summed E-state index contributed by atoms with van der Waals surface area (Å²) in [6, 6.07) is 2.37. The van der Waals surface area contributed by atoms with Crippen molar-refractivity contribution in [1.82, 2.24) is 19.4 Å². The Kier molecular flexibility index (Phi) is 7.61. The third-order valence-electron chi connectivity index (χ3n) is 7.69. The van der Waals surface area contributed by atoms with Gasteiger partial charge in [-0.05, 0) is 56.3 Å². The molecule has 0 aromatic carbocycles. The number of hydrogen-bond acceptors (Lipinski definition) is 5. The first kappa shape index (κ1) is 25.0. The van der Waals surface area contributed by atoms with Crippen molar-refractivity contribution >= 4 is 6.09 Å². The molecule has 2 unspecified atom stereocenters. The maximum absolute atomic E-state index is 12.7. The number of carbonyl (C=O) groups excluding carboxylic acids is 1. The molecule has 1 saturated heterocycles. The number of rotatable bonds is 6. The fourth-order valence-electron chi connectivity index (χ4n) is 4.82. The standard InChI is InChI=1S/C28H37N5O2/c1-21-5-6-22(2)26(23(21)3)18-35-27(34)32-13-11-31(12-14-32)17-25-15-30-20-33(25)16-24-7-9-28(4,19-29)10-8-24/h6-9,15,20-21H,5,10-14,16-18H2,1-4H3. The quantitative estimate of drug-likeness (QED) is 0.588. The SMILES string of the molecule is CC1=CCC(C)C(C)=C1COC(=O)N1CCN(Cc2cncn2CC2=CCC(C)(C#N)C=C2)CC1. The monoisotopic (exact) mass is 475 g/mol. The average Bonchev–Trinajstić information content (AvgIpc) is 3.29. The smallest absolute Gasteiger partial charge is 0.410 e. The number of nitrogens with zero attached hydrogens (tertiary/aromatic N) is 5. The van der Waals surface area contributed by atoms with Gasteiger partial charge in [-0.15, -0.1) is 0 Å². The Balaban J connectivity index is 1.25. The number of nitriles is 1. The van der Waals surface area contributed by atoms with Gasteiger partial charge in [-0.3, -0.25) is 4.90 Å². The molecule has 0 N–H and O–H groups in total. The number of ether oxygens (including phenoxy) is 1. The van der Waals surface area contributed by atoms with Gasteiger partial charge in [0.2, 0.25) is 0 Å². The van der Waals surface area contributed by atoms with Crippen molar-refractivity contribution in [2.24, 2.45) is 11.3 Å². The van der Waals surface area contributed by atoms with Crippen LogP contribution in [0.2, 0.25) is 0 Å². The molecule has 1 aromatic rings. The summed E-state index contributed by atoms with van der Waals surface area (Å²) in [6.07, 6.45) is 13.8. The minimum Gasteiger partial charge on any atom is -0.445 e. The fraction of sp³-hybridized carbons (Fsp3) is 0.536. The van der Waals surface area contributed by atoms with Crippen LogP contribution in [-0.2, 0) is 17.8 Å². The minimum absolute atomic E-state index is 0.221. The number of amides is 1. The first-order valence-corrected chi connectivity index (χ1v) is 12.6. The van der Waals surface area contributed by atoms with Crippen molar-refractivity contribution in [3.8, 4) is 6.07 Å². The molecule has 7 heteroatoms. The molecule has 7 nitrogen and oxygen atoms in total. The van der Waals surface area contributed by atoms with Gasteiger partial charge < -0.3 is 14.2 Å². The normalized spacial score (nSPS) is 25.2. The maximum atomic E-state index is 12.7. The van der Waals surface area contributed by atoms with E-state index in [-0.39, 0.29) is 6.09 Å². The summed E-state index contributed by atoms with van der Waals surface area (Å²) in [5.41, 5.74) is 5.69. The summed E-state index contributed by atoms with van der Waals surface area (Å²) in [7, 11) is 0. The second-order valence-electron chi connectivity index (χ2n) is 10.4. The Hall–Kier alpha value is -3.11. The van der Waals surface area contributed by atoms with Gasteiger partial charge >= 0.3 is 6.09 Å². The Morgan fingerprint density at radius 3 is 2.69 bits per heavy atom. The van der Waals surface area contributed by atoms with E-state index in [0.29, 0.717) is 25.6 Å². The zero-order valence-corrected chi connectivity index (χ0v) is 21.5. The lowest BCUT2D eigenvalue weighted by Gasteiger charge is -2.34. The summed E-state index contributed by atoms with van der Waals surface area (Å²) >= 11 is 0. The second kappa shape index (κ2) is 10.7. The second-order valence-corrected chi connectivity index (χ2v) is 10.4. The molecule has 2 aliphatic carbocycles. The van der Waals surface area contributed by atoms with Crippen LogP contribution in [0.15, 0.2) is 59.1 Å². The summed E-state index contributed by atoms with van der Waals surface area (Å²) in [5.74, 6) is 0.507. The van der Waals surface area contributed by atoms with Crippen LogP contribution in [0.4, 0.5) is 4.79 Å². The van der Waals surface area contributed by atoms with Gasteiger partial charge in [-0.1, -0.05) is 36.8 Å². The number of imidazole rings is 1. The van der Waals surface area contributed by atoms with Crippen molar-refractivity contribution in [3.63, 3.8) is 0 Å². The summed E-state index contributed by atoms with van der Waals surface area (Å²) in [4.78, 5) is 21.2. The predicted octanol–water partition coefficient (Wildman–Crippen LogP) is 4.86. The van der Waals surface area contributed by atoms with Gasteiger partial charge in [-0.25, -0.2) is 9.78 Å². The maximum Gasteiger partial charge on any atom is 0.410 e.